The highest BCUT2D eigenvalue weighted by atomic mass is 16.5. The van der Waals surface area contributed by atoms with Crippen LogP contribution < -0.4 is 10.1 Å². The van der Waals surface area contributed by atoms with Crippen molar-refractivity contribution in [1.82, 2.24) is 4.98 Å². The fourth-order valence-corrected chi connectivity index (χ4v) is 1.87. The number of hydrogen-bond acceptors (Lipinski definition) is 4. The summed E-state index contributed by atoms with van der Waals surface area (Å²) in [5.41, 5.74) is 1.72. The second-order valence-corrected chi connectivity index (χ2v) is 4.93. The van der Waals surface area contributed by atoms with E-state index in [1.807, 2.05) is 24.3 Å². The lowest BCUT2D eigenvalue weighted by molar-refractivity contribution is -0.138. The number of benzene rings is 1. The van der Waals surface area contributed by atoms with Crippen LogP contribution in [0.1, 0.15) is 25.3 Å². The van der Waals surface area contributed by atoms with Gasteiger partial charge < -0.3 is 15.2 Å². The predicted octanol–water partition coefficient (Wildman–Crippen LogP) is 3.24. The Balaban J connectivity index is 1.90. The average molecular weight is 314 g/mol. The van der Waals surface area contributed by atoms with E-state index in [-0.39, 0.29) is 18.7 Å². The molecule has 6 heteroatoms. The van der Waals surface area contributed by atoms with Crippen molar-refractivity contribution in [2.24, 2.45) is 0 Å². The average Bonchev–Trinajstić information content (AvgIpc) is 2.55. The molecule has 0 radical (unpaired) electrons. The molecule has 2 rings (SSSR count). The van der Waals surface area contributed by atoms with E-state index in [4.69, 9.17) is 9.84 Å². The first-order valence-electron chi connectivity index (χ1n) is 7.31. The summed E-state index contributed by atoms with van der Waals surface area (Å²) in [5, 5.41) is 11.1. The van der Waals surface area contributed by atoms with E-state index >= 15 is 0 Å². The Kier molecular flexibility index (Phi) is 5.68. The van der Waals surface area contributed by atoms with E-state index in [2.05, 4.69) is 17.2 Å². The number of ether oxygens (including phenoxy) is 1. The third-order valence-electron chi connectivity index (χ3n) is 3.14. The molecular weight excluding hydrogens is 296 g/mol. The number of carbonyl (C=O) groups is 2. The third-order valence-corrected chi connectivity index (χ3v) is 3.14. The first-order chi connectivity index (χ1) is 11.1. The van der Waals surface area contributed by atoms with Crippen LogP contribution in [-0.4, -0.2) is 22.0 Å². The first kappa shape index (κ1) is 16.5. The van der Waals surface area contributed by atoms with Gasteiger partial charge in [-0.2, -0.15) is 0 Å². The maximum atomic E-state index is 11.5. The quantitative estimate of drug-likeness (QED) is 0.819. The summed E-state index contributed by atoms with van der Waals surface area (Å²) in [6, 6.07) is 11.0. The van der Waals surface area contributed by atoms with Crippen LogP contribution in [0.15, 0.2) is 42.6 Å². The summed E-state index contributed by atoms with van der Waals surface area (Å²) in [5.74, 6) is -0.264. The summed E-state index contributed by atoms with van der Waals surface area (Å²) in [7, 11) is 0. The fraction of sp³-hybridized carbons (Fsp3) is 0.235. The summed E-state index contributed by atoms with van der Waals surface area (Å²) >= 11 is 0. The van der Waals surface area contributed by atoms with Crippen molar-refractivity contribution in [2.45, 2.75) is 26.2 Å². The molecule has 1 amide bonds. The summed E-state index contributed by atoms with van der Waals surface area (Å²) in [6.07, 6.45) is 2.16. The van der Waals surface area contributed by atoms with E-state index in [0.717, 1.165) is 6.42 Å². The van der Waals surface area contributed by atoms with Crippen LogP contribution >= 0.6 is 0 Å². The highest BCUT2D eigenvalue weighted by molar-refractivity contribution is 5.92. The second-order valence-electron chi connectivity index (χ2n) is 4.93. The Bertz CT molecular complexity index is 666. The third kappa shape index (κ3) is 5.43. The minimum Gasteiger partial charge on any atom is -0.481 e. The Morgan fingerprint density at radius 1 is 1.13 bits per heavy atom. The van der Waals surface area contributed by atoms with Crippen LogP contribution in [0.2, 0.25) is 0 Å². The smallest absolute Gasteiger partial charge is 0.303 e. The monoisotopic (exact) mass is 314 g/mol. The van der Waals surface area contributed by atoms with Gasteiger partial charge >= 0.3 is 5.97 Å². The molecule has 120 valence electrons. The molecule has 0 spiro atoms. The van der Waals surface area contributed by atoms with E-state index in [0.29, 0.717) is 17.3 Å². The number of hydrogen-bond donors (Lipinski definition) is 2. The Labute approximate surface area is 134 Å². The standard InChI is InChI=1S/C17H18N2O4/c1-2-12-3-6-14(7-4-12)23-16-9-5-13(11-18-16)19-15(20)8-10-17(21)22/h3-7,9,11H,2,8,10H2,1H3,(H,19,20)(H,21,22). The molecule has 23 heavy (non-hydrogen) atoms. The van der Waals surface area contributed by atoms with Crippen LogP contribution in [0.3, 0.4) is 0 Å². The summed E-state index contributed by atoms with van der Waals surface area (Å²) in [6.45, 7) is 2.08. The zero-order chi connectivity index (χ0) is 16.7. The molecule has 0 aliphatic heterocycles. The number of anilines is 1. The molecule has 0 bridgehead atoms. The van der Waals surface area contributed by atoms with Crippen molar-refractivity contribution in [3.8, 4) is 11.6 Å². The van der Waals surface area contributed by atoms with E-state index < -0.39 is 5.97 Å². The number of aromatic nitrogens is 1. The van der Waals surface area contributed by atoms with Gasteiger partial charge in [-0.15, -0.1) is 0 Å². The molecule has 1 aromatic heterocycles. The number of carboxylic acids is 1. The van der Waals surface area contributed by atoms with Crippen molar-refractivity contribution in [1.29, 1.82) is 0 Å². The van der Waals surface area contributed by atoms with Gasteiger partial charge in [-0.3, -0.25) is 9.59 Å². The minimum atomic E-state index is -1.00. The maximum absolute atomic E-state index is 11.5. The number of aryl methyl sites for hydroxylation is 1. The lowest BCUT2D eigenvalue weighted by Gasteiger charge is -2.07. The Hall–Kier alpha value is -2.89. The van der Waals surface area contributed by atoms with Gasteiger partial charge in [0.2, 0.25) is 11.8 Å². The Morgan fingerprint density at radius 2 is 1.87 bits per heavy atom. The lowest BCUT2D eigenvalue weighted by atomic mass is 10.2. The minimum absolute atomic E-state index is 0.0721. The summed E-state index contributed by atoms with van der Waals surface area (Å²) < 4.78 is 5.62. The van der Waals surface area contributed by atoms with Gasteiger partial charge in [0.15, 0.2) is 0 Å². The van der Waals surface area contributed by atoms with Gasteiger partial charge in [-0.25, -0.2) is 4.98 Å². The number of carbonyl (C=O) groups excluding carboxylic acids is 1. The van der Waals surface area contributed by atoms with Crippen molar-refractivity contribution in [2.75, 3.05) is 5.32 Å². The van der Waals surface area contributed by atoms with Crippen molar-refractivity contribution >= 4 is 17.6 Å². The zero-order valence-electron chi connectivity index (χ0n) is 12.8. The topological polar surface area (TPSA) is 88.5 Å². The number of amides is 1. The van der Waals surface area contributed by atoms with Gasteiger partial charge in [-0.1, -0.05) is 19.1 Å². The number of aliphatic carboxylic acids is 1. The normalized spacial score (nSPS) is 10.1. The lowest BCUT2D eigenvalue weighted by Crippen LogP contribution is -2.13. The molecule has 0 saturated heterocycles. The van der Waals surface area contributed by atoms with Gasteiger partial charge in [-0.05, 0) is 30.2 Å². The highest BCUT2D eigenvalue weighted by Crippen LogP contribution is 2.21. The number of nitrogens with one attached hydrogen (secondary N) is 1. The molecule has 2 aromatic rings. The van der Waals surface area contributed by atoms with Crippen molar-refractivity contribution in [3.05, 3.63) is 48.2 Å². The van der Waals surface area contributed by atoms with Crippen LogP contribution in [0.4, 0.5) is 5.69 Å². The fourth-order valence-electron chi connectivity index (χ4n) is 1.87. The summed E-state index contributed by atoms with van der Waals surface area (Å²) in [4.78, 5) is 26.0. The molecular formula is C17H18N2O4. The molecule has 0 aliphatic carbocycles. The van der Waals surface area contributed by atoms with Gasteiger partial charge in [0.05, 0.1) is 18.3 Å². The SMILES string of the molecule is CCc1ccc(Oc2ccc(NC(=O)CCC(=O)O)cn2)cc1. The molecule has 0 saturated carbocycles. The van der Waals surface area contributed by atoms with Gasteiger partial charge in [0, 0.05) is 12.5 Å². The van der Waals surface area contributed by atoms with Gasteiger partial charge in [0.25, 0.3) is 0 Å². The van der Waals surface area contributed by atoms with Crippen LogP contribution in [0, 0.1) is 0 Å². The van der Waals surface area contributed by atoms with Crippen molar-refractivity contribution < 1.29 is 19.4 Å². The van der Waals surface area contributed by atoms with Crippen molar-refractivity contribution in [3.63, 3.8) is 0 Å². The molecule has 2 N–H and O–H groups in total. The number of carboxylic acid groups (broad SMARTS) is 1. The first-order valence-corrected chi connectivity index (χ1v) is 7.31. The molecule has 0 unspecified atom stereocenters. The van der Waals surface area contributed by atoms with Crippen LogP contribution in [-0.2, 0) is 16.0 Å². The molecule has 0 aliphatic rings. The zero-order valence-corrected chi connectivity index (χ0v) is 12.8. The predicted molar refractivity (Wildman–Crippen MR) is 85.6 cm³/mol. The number of nitrogens with zero attached hydrogens (tertiary/aromatic N) is 1. The van der Waals surface area contributed by atoms with E-state index in [1.165, 1.54) is 11.8 Å². The second kappa shape index (κ2) is 7.93. The van der Waals surface area contributed by atoms with Gasteiger partial charge in [0.1, 0.15) is 5.75 Å². The Morgan fingerprint density at radius 3 is 2.43 bits per heavy atom. The molecule has 1 heterocycles. The highest BCUT2D eigenvalue weighted by Gasteiger charge is 2.06. The van der Waals surface area contributed by atoms with E-state index in [1.54, 1.807) is 12.1 Å². The molecule has 0 atom stereocenters. The number of rotatable bonds is 7. The van der Waals surface area contributed by atoms with Crippen LogP contribution in [0.25, 0.3) is 0 Å². The largest absolute Gasteiger partial charge is 0.481 e. The molecule has 6 nitrogen and oxygen atoms in total. The maximum Gasteiger partial charge on any atom is 0.303 e. The number of pyridine rings is 1. The molecule has 1 aromatic carbocycles. The van der Waals surface area contributed by atoms with E-state index in [9.17, 15) is 9.59 Å². The molecule has 0 fully saturated rings. The van der Waals surface area contributed by atoms with Crippen LogP contribution in [0.5, 0.6) is 11.6 Å².